The highest BCUT2D eigenvalue weighted by atomic mass is 16.6. The zero-order chi connectivity index (χ0) is 35.8. The van der Waals surface area contributed by atoms with Crippen LogP contribution in [0, 0.1) is 0 Å². The Kier molecular flexibility index (Phi) is 13.8. The van der Waals surface area contributed by atoms with Gasteiger partial charge < -0.3 is 39.0 Å². The third kappa shape index (κ3) is 16.5. The molecule has 264 valence electrons. The number of carbonyl (C=O) groups excluding carboxylic acids is 4. The summed E-state index contributed by atoms with van der Waals surface area (Å²) in [5, 5.41) is 41.3. The summed E-state index contributed by atoms with van der Waals surface area (Å²) in [5.74, 6) is -1.02. The highest BCUT2D eigenvalue weighted by molar-refractivity contribution is 6.02. The number of nitrogens with zero attached hydrogens (tertiary/aromatic N) is 2. The minimum Gasteiger partial charge on any atom is -0.444 e. The SMILES string of the molecule is CC(C)(C)OC(=O)NC(=NCC1OC(O)C(N=C(NC(=O)OC(C)(C)C)NC(=O)OC(C)(C)C)C(O)C1O)NC(=O)OC(C)(C)C. The molecule has 0 aromatic heterocycles. The first-order valence-electron chi connectivity index (χ1n) is 14.5. The number of hydrogen-bond donors (Lipinski definition) is 7. The molecule has 46 heavy (non-hydrogen) atoms. The number of carbonyl (C=O) groups is 4. The molecule has 0 aromatic carbocycles. The molecular formula is C28H50N6O12. The summed E-state index contributed by atoms with van der Waals surface area (Å²) in [7, 11) is 0. The first-order chi connectivity index (χ1) is 20.6. The van der Waals surface area contributed by atoms with Crippen molar-refractivity contribution < 1.29 is 58.2 Å². The smallest absolute Gasteiger partial charge is 0.414 e. The third-order valence-electron chi connectivity index (χ3n) is 4.87. The van der Waals surface area contributed by atoms with E-state index in [1.54, 1.807) is 83.1 Å². The molecule has 0 saturated carbocycles. The number of aliphatic imine (C=N–C) groups is 2. The molecule has 1 fully saturated rings. The molecule has 18 heteroatoms. The van der Waals surface area contributed by atoms with Crippen molar-refractivity contribution in [3.8, 4) is 0 Å². The van der Waals surface area contributed by atoms with Gasteiger partial charge in [0.15, 0.2) is 6.29 Å². The van der Waals surface area contributed by atoms with Crippen molar-refractivity contribution in [3.05, 3.63) is 0 Å². The van der Waals surface area contributed by atoms with Gasteiger partial charge in [0.2, 0.25) is 11.9 Å². The molecule has 0 spiro atoms. The van der Waals surface area contributed by atoms with Crippen molar-refractivity contribution in [2.24, 2.45) is 9.98 Å². The van der Waals surface area contributed by atoms with E-state index in [0.29, 0.717) is 0 Å². The van der Waals surface area contributed by atoms with Gasteiger partial charge in [0.05, 0.1) is 6.54 Å². The molecule has 5 unspecified atom stereocenters. The van der Waals surface area contributed by atoms with Gasteiger partial charge in [-0.1, -0.05) is 0 Å². The Balaban J connectivity index is 3.24. The molecule has 0 aromatic rings. The molecule has 1 aliphatic rings. The molecule has 0 radical (unpaired) electrons. The average molecular weight is 663 g/mol. The van der Waals surface area contributed by atoms with Crippen LogP contribution in [0.5, 0.6) is 0 Å². The lowest BCUT2D eigenvalue weighted by molar-refractivity contribution is -0.238. The van der Waals surface area contributed by atoms with Crippen LogP contribution in [0.3, 0.4) is 0 Å². The number of nitrogens with one attached hydrogen (secondary N) is 4. The summed E-state index contributed by atoms with van der Waals surface area (Å²) in [6.45, 7) is 18.8. The lowest BCUT2D eigenvalue weighted by Gasteiger charge is -2.38. The van der Waals surface area contributed by atoms with Crippen LogP contribution < -0.4 is 21.3 Å². The van der Waals surface area contributed by atoms with Gasteiger partial charge in [0, 0.05) is 0 Å². The van der Waals surface area contributed by atoms with Crippen LogP contribution >= 0.6 is 0 Å². The summed E-state index contributed by atoms with van der Waals surface area (Å²) in [4.78, 5) is 57.5. The van der Waals surface area contributed by atoms with Gasteiger partial charge >= 0.3 is 24.4 Å². The van der Waals surface area contributed by atoms with E-state index < -0.39 is 95.9 Å². The summed E-state index contributed by atoms with van der Waals surface area (Å²) in [5.41, 5.74) is -3.62. The van der Waals surface area contributed by atoms with Gasteiger partial charge in [-0.2, -0.15) is 0 Å². The predicted molar refractivity (Wildman–Crippen MR) is 164 cm³/mol. The fourth-order valence-electron chi connectivity index (χ4n) is 3.36. The van der Waals surface area contributed by atoms with Gasteiger partial charge in [0.1, 0.15) is 46.8 Å². The molecule has 4 amide bonds. The van der Waals surface area contributed by atoms with Crippen molar-refractivity contribution in [1.82, 2.24) is 21.3 Å². The maximum absolute atomic E-state index is 12.4. The first kappa shape index (κ1) is 40.3. The Bertz CT molecular complexity index is 1080. The molecule has 1 saturated heterocycles. The molecule has 18 nitrogen and oxygen atoms in total. The topological polar surface area (TPSA) is 248 Å². The third-order valence-corrected chi connectivity index (χ3v) is 4.87. The number of rotatable bonds is 3. The average Bonchev–Trinajstić information content (AvgIpc) is 2.77. The minimum absolute atomic E-state index is 0.436. The predicted octanol–water partition coefficient (Wildman–Crippen LogP) is 1.60. The standard InChI is InChI=1S/C28H50N6O12/c1-25(2,3)43-21(38)31-19(32-22(39)44-26(4,5)6)29-13-14-16(35)17(36)15(18(37)42-14)30-20(33-23(40)45-27(7,8)9)34-24(41)46-28(10,11)12/h14-18,35-37H,13H2,1-12H3,(H2,29,31,32,38,39)(H2,30,33,34,40,41). The van der Waals surface area contributed by atoms with Crippen LogP contribution in [0.2, 0.25) is 0 Å². The van der Waals surface area contributed by atoms with Gasteiger partial charge in [-0.3, -0.25) is 21.3 Å². The number of aliphatic hydroxyl groups is 3. The number of alkyl carbamates (subject to hydrolysis) is 4. The van der Waals surface area contributed by atoms with Crippen LogP contribution in [0.1, 0.15) is 83.1 Å². The molecule has 0 aliphatic carbocycles. The summed E-state index contributed by atoms with van der Waals surface area (Å²) in [6.07, 6.45) is -10.9. The normalized spacial score (nSPS) is 21.9. The molecule has 1 heterocycles. The Morgan fingerprint density at radius 2 is 0.913 bits per heavy atom. The van der Waals surface area contributed by atoms with Crippen molar-refractivity contribution in [2.45, 2.75) is 136 Å². The van der Waals surface area contributed by atoms with Gasteiger partial charge in [0.25, 0.3) is 0 Å². The Morgan fingerprint density at radius 1 is 0.587 bits per heavy atom. The fraction of sp³-hybridized carbons (Fsp3) is 0.786. The fourth-order valence-corrected chi connectivity index (χ4v) is 3.36. The number of guanidine groups is 2. The van der Waals surface area contributed by atoms with Crippen molar-refractivity contribution in [1.29, 1.82) is 0 Å². The quantitative estimate of drug-likeness (QED) is 0.129. The number of ether oxygens (including phenoxy) is 5. The molecule has 1 aliphatic heterocycles. The maximum Gasteiger partial charge on any atom is 0.414 e. The molecule has 7 N–H and O–H groups in total. The second-order valence-electron chi connectivity index (χ2n) is 14.2. The van der Waals surface area contributed by atoms with Gasteiger partial charge in [-0.05, 0) is 83.1 Å². The Labute approximate surface area is 268 Å². The van der Waals surface area contributed by atoms with E-state index in [1.807, 2.05) is 0 Å². The second kappa shape index (κ2) is 15.7. The van der Waals surface area contributed by atoms with Gasteiger partial charge in [-0.25, -0.2) is 29.2 Å². The first-order valence-corrected chi connectivity index (χ1v) is 14.5. The summed E-state index contributed by atoms with van der Waals surface area (Å²) >= 11 is 0. The number of aliphatic hydroxyl groups excluding tert-OH is 3. The van der Waals surface area contributed by atoms with E-state index in [2.05, 4.69) is 31.3 Å². The minimum atomic E-state index is -1.91. The van der Waals surface area contributed by atoms with E-state index in [4.69, 9.17) is 23.7 Å². The van der Waals surface area contributed by atoms with Crippen LogP contribution in [-0.4, -0.2) is 111 Å². The van der Waals surface area contributed by atoms with Crippen LogP contribution in [0.4, 0.5) is 19.2 Å². The zero-order valence-corrected chi connectivity index (χ0v) is 28.5. The van der Waals surface area contributed by atoms with E-state index in [0.717, 1.165) is 0 Å². The highest BCUT2D eigenvalue weighted by Crippen LogP contribution is 2.23. The van der Waals surface area contributed by atoms with Crippen molar-refractivity contribution >= 4 is 36.3 Å². The summed E-state index contributed by atoms with van der Waals surface area (Å²) in [6, 6.07) is -1.64. The Hall–Kier alpha value is -3.74. The molecular weight excluding hydrogens is 612 g/mol. The summed E-state index contributed by atoms with van der Waals surface area (Å²) < 4.78 is 26.1. The van der Waals surface area contributed by atoms with E-state index >= 15 is 0 Å². The van der Waals surface area contributed by atoms with Crippen molar-refractivity contribution in [3.63, 3.8) is 0 Å². The Morgan fingerprint density at radius 3 is 1.24 bits per heavy atom. The van der Waals surface area contributed by atoms with Crippen molar-refractivity contribution in [2.75, 3.05) is 6.54 Å². The van der Waals surface area contributed by atoms with Crippen LogP contribution in [0.15, 0.2) is 9.98 Å². The van der Waals surface area contributed by atoms with Crippen LogP contribution in [0.25, 0.3) is 0 Å². The number of hydrogen-bond acceptors (Lipinski definition) is 14. The number of amides is 4. The monoisotopic (exact) mass is 662 g/mol. The van der Waals surface area contributed by atoms with E-state index in [-0.39, 0.29) is 0 Å². The van der Waals surface area contributed by atoms with E-state index in [9.17, 15) is 34.5 Å². The maximum atomic E-state index is 12.4. The second-order valence-corrected chi connectivity index (χ2v) is 14.2. The molecule has 0 bridgehead atoms. The zero-order valence-electron chi connectivity index (χ0n) is 28.5. The van der Waals surface area contributed by atoms with E-state index in [1.165, 1.54) is 0 Å². The largest absolute Gasteiger partial charge is 0.444 e. The van der Waals surface area contributed by atoms with Crippen LogP contribution in [-0.2, 0) is 23.7 Å². The lowest BCUT2D eigenvalue weighted by Crippen LogP contribution is -2.59. The molecule has 1 rings (SSSR count). The van der Waals surface area contributed by atoms with Gasteiger partial charge in [-0.15, -0.1) is 0 Å². The lowest BCUT2D eigenvalue weighted by atomic mass is 9.97. The molecule has 5 atom stereocenters. The highest BCUT2D eigenvalue weighted by Gasteiger charge is 2.44.